The molecule has 2 aliphatic rings. The molecule has 2 fully saturated rings. The van der Waals surface area contributed by atoms with Crippen molar-refractivity contribution in [1.82, 2.24) is 4.90 Å². The van der Waals surface area contributed by atoms with Gasteiger partial charge in [-0.05, 0) is 28.4 Å². The molecule has 1 amide bonds. The third-order valence-corrected chi connectivity index (χ3v) is 6.01. The Kier molecular flexibility index (Phi) is 2.57. The van der Waals surface area contributed by atoms with Crippen molar-refractivity contribution < 1.29 is 4.79 Å². The molecule has 3 heterocycles. The molecule has 3 rings (SSSR count). The lowest BCUT2D eigenvalue weighted by molar-refractivity contribution is 0.0752. The number of hydrogen-bond acceptors (Lipinski definition) is 3. The quantitative estimate of drug-likeness (QED) is 0.795. The number of fused-ring (bicyclic) bond motifs is 2. The van der Waals surface area contributed by atoms with Gasteiger partial charge in [0.25, 0.3) is 5.91 Å². The SMILES string of the molecule is O=C(c1cc(Br)cs1)N1C[C@H]2C[C@H]1CS2. The van der Waals surface area contributed by atoms with Crippen molar-refractivity contribution in [1.29, 1.82) is 0 Å². The number of halogens is 1. The maximum absolute atomic E-state index is 12.2. The number of amides is 1. The van der Waals surface area contributed by atoms with Crippen LogP contribution >= 0.6 is 39.0 Å². The summed E-state index contributed by atoms with van der Waals surface area (Å²) in [7, 11) is 0. The summed E-state index contributed by atoms with van der Waals surface area (Å²) in [6, 6.07) is 2.42. The second kappa shape index (κ2) is 3.79. The maximum atomic E-state index is 12.2. The van der Waals surface area contributed by atoms with Crippen LogP contribution in [0.1, 0.15) is 16.1 Å². The van der Waals surface area contributed by atoms with Crippen LogP contribution in [0.2, 0.25) is 0 Å². The van der Waals surface area contributed by atoms with E-state index in [1.54, 1.807) is 0 Å². The predicted molar refractivity (Wildman–Crippen MR) is 67.7 cm³/mol. The molecule has 0 N–H and O–H groups in total. The average molecular weight is 304 g/mol. The molecule has 15 heavy (non-hydrogen) atoms. The Labute approximate surface area is 105 Å². The summed E-state index contributed by atoms with van der Waals surface area (Å²) in [5.41, 5.74) is 0. The zero-order valence-electron chi connectivity index (χ0n) is 7.98. The summed E-state index contributed by atoms with van der Waals surface area (Å²) in [6.45, 7) is 0.948. The monoisotopic (exact) mass is 303 g/mol. The molecule has 0 aliphatic carbocycles. The van der Waals surface area contributed by atoms with E-state index in [0.717, 1.165) is 21.6 Å². The first-order valence-corrected chi connectivity index (χ1v) is 7.63. The molecule has 2 saturated heterocycles. The summed E-state index contributed by atoms with van der Waals surface area (Å²) >= 11 is 6.93. The summed E-state index contributed by atoms with van der Waals surface area (Å²) in [4.78, 5) is 15.1. The van der Waals surface area contributed by atoms with Gasteiger partial charge in [0.2, 0.25) is 0 Å². The van der Waals surface area contributed by atoms with Gasteiger partial charge in [-0.3, -0.25) is 4.79 Å². The third kappa shape index (κ3) is 1.74. The normalized spacial score (nSPS) is 28.7. The molecule has 80 valence electrons. The lowest BCUT2D eigenvalue weighted by Gasteiger charge is -2.26. The third-order valence-electron chi connectivity index (χ3n) is 2.94. The minimum atomic E-state index is 0.221. The van der Waals surface area contributed by atoms with Gasteiger partial charge in [-0.1, -0.05) is 0 Å². The van der Waals surface area contributed by atoms with Crippen molar-refractivity contribution >= 4 is 44.9 Å². The van der Waals surface area contributed by atoms with Crippen LogP contribution in [0, 0.1) is 0 Å². The zero-order chi connectivity index (χ0) is 10.4. The van der Waals surface area contributed by atoms with E-state index in [4.69, 9.17) is 0 Å². The van der Waals surface area contributed by atoms with Gasteiger partial charge >= 0.3 is 0 Å². The van der Waals surface area contributed by atoms with Gasteiger partial charge < -0.3 is 4.90 Å². The van der Waals surface area contributed by atoms with E-state index in [0.29, 0.717) is 11.3 Å². The molecule has 1 aromatic heterocycles. The lowest BCUT2D eigenvalue weighted by atomic mass is 10.2. The van der Waals surface area contributed by atoms with Crippen LogP contribution in [0.25, 0.3) is 0 Å². The first-order chi connectivity index (χ1) is 7.24. The average Bonchev–Trinajstić information content (AvgIpc) is 2.90. The van der Waals surface area contributed by atoms with Gasteiger partial charge in [0.15, 0.2) is 0 Å². The Morgan fingerprint density at radius 2 is 2.47 bits per heavy atom. The number of thiophene rings is 1. The van der Waals surface area contributed by atoms with Crippen molar-refractivity contribution in [2.24, 2.45) is 0 Å². The van der Waals surface area contributed by atoms with Crippen molar-refractivity contribution in [2.75, 3.05) is 12.3 Å². The Hall–Kier alpha value is -0.000000000000000111. The van der Waals surface area contributed by atoms with E-state index in [1.165, 1.54) is 17.8 Å². The first kappa shape index (κ1) is 10.2. The van der Waals surface area contributed by atoms with Crippen LogP contribution < -0.4 is 0 Å². The zero-order valence-corrected chi connectivity index (χ0v) is 11.2. The van der Waals surface area contributed by atoms with Crippen LogP contribution in [0.3, 0.4) is 0 Å². The highest BCUT2D eigenvalue weighted by Crippen LogP contribution is 2.38. The number of likely N-dealkylation sites (tertiary alicyclic amines) is 1. The van der Waals surface area contributed by atoms with E-state index in [9.17, 15) is 4.79 Å². The highest BCUT2D eigenvalue weighted by Gasteiger charge is 2.41. The van der Waals surface area contributed by atoms with Crippen LogP contribution in [0.5, 0.6) is 0 Å². The van der Waals surface area contributed by atoms with Crippen LogP contribution in [-0.4, -0.2) is 34.4 Å². The van der Waals surface area contributed by atoms with Crippen LogP contribution in [-0.2, 0) is 0 Å². The van der Waals surface area contributed by atoms with E-state index in [-0.39, 0.29) is 5.91 Å². The van der Waals surface area contributed by atoms with E-state index in [1.807, 2.05) is 23.2 Å². The van der Waals surface area contributed by atoms with Crippen molar-refractivity contribution in [3.63, 3.8) is 0 Å². The van der Waals surface area contributed by atoms with Crippen LogP contribution in [0.15, 0.2) is 15.9 Å². The second-order valence-corrected chi connectivity index (χ2v) is 7.09. The highest BCUT2D eigenvalue weighted by molar-refractivity contribution is 9.10. The minimum absolute atomic E-state index is 0.221. The van der Waals surface area contributed by atoms with Gasteiger partial charge in [0.1, 0.15) is 0 Å². The molecule has 2 atom stereocenters. The van der Waals surface area contributed by atoms with Crippen molar-refractivity contribution in [2.45, 2.75) is 17.7 Å². The number of carbonyl (C=O) groups is 1. The fourth-order valence-corrected chi connectivity index (χ4v) is 5.03. The molecule has 5 heteroatoms. The van der Waals surface area contributed by atoms with E-state index >= 15 is 0 Å². The Morgan fingerprint density at radius 3 is 3.00 bits per heavy atom. The molecule has 2 bridgehead atoms. The summed E-state index contributed by atoms with van der Waals surface area (Å²) in [5, 5.41) is 2.67. The molecule has 1 aromatic rings. The molecule has 0 spiro atoms. The summed E-state index contributed by atoms with van der Waals surface area (Å²) in [6.07, 6.45) is 1.20. The minimum Gasteiger partial charge on any atom is -0.333 e. The van der Waals surface area contributed by atoms with Crippen molar-refractivity contribution in [3.05, 3.63) is 20.8 Å². The fraction of sp³-hybridized carbons (Fsp3) is 0.500. The topological polar surface area (TPSA) is 20.3 Å². The Morgan fingerprint density at radius 1 is 1.60 bits per heavy atom. The van der Waals surface area contributed by atoms with Gasteiger partial charge in [-0.2, -0.15) is 11.8 Å². The molecular weight excluding hydrogens is 294 g/mol. The second-order valence-electron chi connectivity index (χ2n) is 3.93. The van der Waals surface area contributed by atoms with Crippen LogP contribution in [0.4, 0.5) is 0 Å². The maximum Gasteiger partial charge on any atom is 0.264 e. The summed E-state index contributed by atoms with van der Waals surface area (Å²) < 4.78 is 1.01. The number of hydrogen-bond donors (Lipinski definition) is 0. The predicted octanol–water partition coefficient (Wildman–Crippen LogP) is 2.84. The van der Waals surface area contributed by atoms with Crippen molar-refractivity contribution in [3.8, 4) is 0 Å². The number of nitrogens with zero attached hydrogens (tertiary/aromatic N) is 1. The molecule has 0 aromatic carbocycles. The van der Waals surface area contributed by atoms with Gasteiger partial charge in [-0.15, -0.1) is 11.3 Å². The summed E-state index contributed by atoms with van der Waals surface area (Å²) in [5.74, 6) is 1.35. The standard InChI is InChI=1S/C10H10BrNOS2/c11-6-1-9(15-4-6)10(13)12-3-8-2-7(12)5-14-8/h1,4,7-8H,2-3,5H2/t7-,8+/m0/s1. The number of thioether (sulfide) groups is 1. The fourth-order valence-electron chi connectivity index (χ4n) is 2.22. The molecule has 2 nitrogen and oxygen atoms in total. The van der Waals surface area contributed by atoms with Gasteiger partial charge in [0, 0.05) is 33.4 Å². The molecular formula is C10H10BrNOS2. The molecule has 0 unspecified atom stereocenters. The van der Waals surface area contributed by atoms with Gasteiger partial charge in [-0.25, -0.2) is 0 Å². The smallest absolute Gasteiger partial charge is 0.264 e. The highest BCUT2D eigenvalue weighted by atomic mass is 79.9. The largest absolute Gasteiger partial charge is 0.333 e. The molecule has 0 radical (unpaired) electrons. The molecule has 2 aliphatic heterocycles. The number of carbonyl (C=O) groups excluding carboxylic acids is 1. The lowest BCUT2D eigenvalue weighted by Crippen LogP contribution is -2.38. The van der Waals surface area contributed by atoms with E-state index in [2.05, 4.69) is 20.8 Å². The van der Waals surface area contributed by atoms with E-state index < -0.39 is 0 Å². The molecule has 0 saturated carbocycles. The Balaban J connectivity index is 1.81. The van der Waals surface area contributed by atoms with Gasteiger partial charge in [0.05, 0.1) is 4.88 Å². The number of rotatable bonds is 1. The first-order valence-electron chi connectivity index (χ1n) is 4.90. The Bertz CT molecular complexity index is 406.